The zero-order valence-electron chi connectivity index (χ0n) is 15.7. The summed E-state index contributed by atoms with van der Waals surface area (Å²) >= 11 is 0. The van der Waals surface area contributed by atoms with E-state index in [2.05, 4.69) is 95.6 Å². The molecule has 0 saturated carbocycles. The molecule has 4 rings (SSSR count). The van der Waals surface area contributed by atoms with Crippen molar-refractivity contribution in [2.24, 2.45) is 0 Å². The van der Waals surface area contributed by atoms with Gasteiger partial charge in [0.2, 0.25) is 0 Å². The first-order valence-corrected chi connectivity index (χ1v) is 9.26. The maximum absolute atomic E-state index is 4.42. The third-order valence-electron chi connectivity index (χ3n) is 5.10. The Labute approximate surface area is 160 Å². The molecule has 0 N–H and O–H groups in total. The third kappa shape index (κ3) is 3.88. The molecule has 4 aromatic rings. The highest BCUT2D eigenvalue weighted by atomic mass is 15.1. The van der Waals surface area contributed by atoms with E-state index in [1.165, 1.54) is 22.3 Å². The first-order chi connectivity index (χ1) is 13.2. The number of fused-ring (bicyclic) bond motifs is 1. The van der Waals surface area contributed by atoms with Crippen molar-refractivity contribution < 1.29 is 0 Å². The molecule has 134 valence electrons. The average Bonchev–Trinajstić information content (AvgIpc) is 2.73. The number of aromatic nitrogens is 2. The number of hydrogen-bond acceptors (Lipinski definition) is 3. The third-order valence-corrected chi connectivity index (χ3v) is 5.10. The molecule has 0 unspecified atom stereocenters. The van der Waals surface area contributed by atoms with E-state index in [9.17, 15) is 0 Å². The average molecular weight is 353 g/mol. The summed E-state index contributed by atoms with van der Waals surface area (Å²) in [7, 11) is 2.18. The molecule has 0 aliphatic carbocycles. The molecule has 27 heavy (non-hydrogen) atoms. The number of hydrogen-bond donors (Lipinski definition) is 0. The van der Waals surface area contributed by atoms with E-state index >= 15 is 0 Å². The summed E-state index contributed by atoms with van der Waals surface area (Å²) in [6.45, 7) is 3.15. The molecule has 0 fully saturated rings. The quantitative estimate of drug-likeness (QED) is 0.475. The van der Waals surface area contributed by atoms with Crippen LogP contribution in [-0.2, 0) is 6.54 Å². The van der Waals surface area contributed by atoms with E-state index in [0.29, 0.717) is 6.04 Å². The van der Waals surface area contributed by atoms with Gasteiger partial charge in [0.1, 0.15) is 0 Å². The van der Waals surface area contributed by atoms with Crippen molar-refractivity contribution >= 4 is 11.0 Å². The van der Waals surface area contributed by atoms with Crippen LogP contribution < -0.4 is 0 Å². The molecule has 0 bridgehead atoms. The fourth-order valence-corrected chi connectivity index (χ4v) is 3.40. The monoisotopic (exact) mass is 353 g/mol. The second kappa shape index (κ2) is 7.68. The highest BCUT2D eigenvalue weighted by Gasteiger charge is 2.12. The molecule has 1 heterocycles. The summed E-state index contributed by atoms with van der Waals surface area (Å²) in [5.74, 6) is 0. The van der Waals surface area contributed by atoms with Gasteiger partial charge in [0.15, 0.2) is 0 Å². The van der Waals surface area contributed by atoms with E-state index < -0.39 is 0 Å². The molecule has 0 radical (unpaired) electrons. The Kier molecular flexibility index (Phi) is 4.95. The molecule has 1 atom stereocenters. The molecule has 0 aliphatic heterocycles. The lowest BCUT2D eigenvalue weighted by molar-refractivity contribution is 0.253. The van der Waals surface area contributed by atoms with Crippen LogP contribution in [0.15, 0.2) is 85.2 Å². The van der Waals surface area contributed by atoms with Gasteiger partial charge in [-0.1, -0.05) is 54.6 Å². The van der Waals surface area contributed by atoms with Gasteiger partial charge in [0.05, 0.1) is 11.0 Å². The van der Waals surface area contributed by atoms with E-state index in [1.54, 1.807) is 12.4 Å². The van der Waals surface area contributed by atoms with Crippen LogP contribution in [0.5, 0.6) is 0 Å². The van der Waals surface area contributed by atoms with Crippen LogP contribution in [0.4, 0.5) is 0 Å². The van der Waals surface area contributed by atoms with Crippen LogP contribution in [0.3, 0.4) is 0 Å². The summed E-state index contributed by atoms with van der Waals surface area (Å²) in [6, 6.07) is 26.0. The van der Waals surface area contributed by atoms with Gasteiger partial charge in [-0.25, -0.2) is 0 Å². The van der Waals surface area contributed by atoms with E-state index in [0.717, 1.165) is 17.6 Å². The highest BCUT2D eigenvalue weighted by molar-refractivity contribution is 5.81. The number of benzene rings is 3. The van der Waals surface area contributed by atoms with Crippen LogP contribution in [0.2, 0.25) is 0 Å². The van der Waals surface area contributed by atoms with Crippen molar-refractivity contribution in [2.75, 3.05) is 7.05 Å². The van der Waals surface area contributed by atoms with E-state index in [-0.39, 0.29) is 0 Å². The Hall–Kier alpha value is -3.04. The molecule has 0 saturated heterocycles. The lowest BCUT2D eigenvalue weighted by atomic mass is 10.0. The number of rotatable bonds is 5. The standard InChI is InChI=1S/C24H23N3/c1-18(20-8-4-3-5-9-20)27(2)17-19-7-6-10-21(15-19)22-11-12-23-24(16-22)26-14-13-25-23/h3-16,18H,17H2,1-2H3/t18-/m0/s1. The highest BCUT2D eigenvalue weighted by Crippen LogP contribution is 2.25. The molecule has 0 aliphatic rings. The second-order valence-corrected chi connectivity index (χ2v) is 6.96. The molecule has 3 heteroatoms. The van der Waals surface area contributed by atoms with Crippen molar-refractivity contribution in [3.05, 3.63) is 96.3 Å². The van der Waals surface area contributed by atoms with Gasteiger partial charge >= 0.3 is 0 Å². The minimum Gasteiger partial charge on any atom is -0.295 e. The summed E-state index contributed by atoms with van der Waals surface area (Å²) in [5.41, 5.74) is 6.87. The fourth-order valence-electron chi connectivity index (χ4n) is 3.40. The van der Waals surface area contributed by atoms with Crippen LogP contribution in [-0.4, -0.2) is 21.9 Å². The summed E-state index contributed by atoms with van der Waals surface area (Å²) in [5, 5.41) is 0. The SMILES string of the molecule is C[C@@H](c1ccccc1)N(C)Cc1cccc(-c2ccc3nccnc3c2)c1. The zero-order valence-corrected chi connectivity index (χ0v) is 15.7. The predicted octanol–water partition coefficient (Wildman–Crippen LogP) is 5.49. The van der Waals surface area contributed by atoms with Crippen LogP contribution in [0.1, 0.15) is 24.1 Å². The Morgan fingerprint density at radius 3 is 2.33 bits per heavy atom. The summed E-state index contributed by atoms with van der Waals surface area (Å²) in [4.78, 5) is 11.2. The van der Waals surface area contributed by atoms with Crippen LogP contribution in [0, 0.1) is 0 Å². The van der Waals surface area contributed by atoms with Crippen LogP contribution in [0.25, 0.3) is 22.2 Å². The van der Waals surface area contributed by atoms with Crippen molar-refractivity contribution in [1.82, 2.24) is 14.9 Å². The molecular formula is C24H23N3. The van der Waals surface area contributed by atoms with E-state index in [4.69, 9.17) is 0 Å². The summed E-state index contributed by atoms with van der Waals surface area (Å²) in [6.07, 6.45) is 3.47. The first-order valence-electron chi connectivity index (χ1n) is 9.26. The molecule has 1 aromatic heterocycles. The maximum atomic E-state index is 4.42. The van der Waals surface area contributed by atoms with Gasteiger partial charge in [-0.3, -0.25) is 14.9 Å². The van der Waals surface area contributed by atoms with Gasteiger partial charge in [-0.2, -0.15) is 0 Å². The Bertz CT molecular complexity index is 1040. The van der Waals surface area contributed by atoms with Gasteiger partial charge in [-0.15, -0.1) is 0 Å². The lowest BCUT2D eigenvalue weighted by Crippen LogP contribution is -2.21. The summed E-state index contributed by atoms with van der Waals surface area (Å²) < 4.78 is 0. The van der Waals surface area contributed by atoms with Gasteiger partial charge in [0.25, 0.3) is 0 Å². The molecule has 3 aromatic carbocycles. The Morgan fingerprint density at radius 2 is 1.52 bits per heavy atom. The second-order valence-electron chi connectivity index (χ2n) is 6.96. The van der Waals surface area contributed by atoms with Crippen molar-refractivity contribution in [3.8, 4) is 11.1 Å². The normalized spacial score (nSPS) is 12.4. The Balaban J connectivity index is 1.56. The van der Waals surface area contributed by atoms with Crippen molar-refractivity contribution in [3.63, 3.8) is 0 Å². The molecular weight excluding hydrogens is 330 g/mol. The van der Waals surface area contributed by atoms with Crippen molar-refractivity contribution in [2.45, 2.75) is 19.5 Å². The molecule has 0 amide bonds. The molecule has 0 spiro atoms. The fraction of sp³-hybridized carbons (Fsp3) is 0.167. The first kappa shape index (κ1) is 17.4. The zero-order chi connectivity index (χ0) is 18.6. The topological polar surface area (TPSA) is 29.0 Å². The minimum atomic E-state index is 0.366. The Morgan fingerprint density at radius 1 is 0.778 bits per heavy atom. The molecule has 3 nitrogen and oxygen atoms in total. The predicted molar refractivity (Wildman–Crippen MR) is 111 cm³/mol. The lowest BCUT2D eigenvalue weighted by Gasteiger charge is -2.25. The van der Waals surface area contributed by atoms with Gasteiger partial charge in [0, 0.05) is 25.0 Å². The van der Waals surface area contributed by atoms with Crippen molar-refractivity contribution in [1.29, 1.82) is 0 Å². The largest absolute Gasteiger partial charge is 0.295 e. The van der Waals surface area contributed by atoms with Gasteiger partial charge < -0.3 is 0 Å². The maximum Gasteiger partial charge on any atom is 0.0892 e. The minimum absolute atomic E-state index is 0.366. The smallest absolute Gasteiger partial charge is 0.0892 e. The van der Waals surface area contributed by atoms with E-state index in [1.807, 2.05) is 6.07 Å². The van der Waals surface area contributed by atoms with Gasteiger partial charge in [-0.05, 0) is 54.4 Å². The number of nitrogens with zero attached hydrogens (tertiary/aromatic N) is 3. The van der Waals surface area contributed by atoms with Crippen LogP contribution >= 0.6 is 0 Å².